The van der Waals surface area contributed by atoms with E-state index in [4.69, 9.17) is 16.8 Å². The van der Waals surface area contributed by atoms with E-state index in [1.807, 2.05) is 0 Å². The largest absolute Gasteiger partial charge is 0.290 e. The van der Waals surface area contributed by atoms with Crippen molar-refractivity contribution in [2.45, 2.75) is 0 Å². The Balaban J connectivity index is 2.97. The van der Waals surface area contributed by atoms with Crippen molar-refractivity contribution in [3.63, 3.8) is 0 Å². The van der Waals surface area contributed by atoms with Crippen LogP contribution in [0.25, 0.3) is 0 Å². The Morgan fingerprint density at radius 3 is 3.17 bits per heavy atom. The van der Waals surface area contributed by atoms with E-state index in [0.29, 0.717) is 10.3 Å². The molecule has 5 nitrogen and oxygen atoms in total. The second kappa shape index (κ2) is 4.34. The molecule has 64 valence electrons. The highest BCUT2D eigenvalue weighted by Crippen LogP contribution is 2.22. The number of hydrogen-bond donors (Lipinski definition) is 2. The predicted octanol–water partition coefficient (Wildman–Crippen LogP) is 1.53. The van der Waals surface area contributed by atoms with E-state index in [2.05, 4.69) is 30.9 Å². The molecule has 2 N–H and O–H groups in total. The van der Waals surface area contributed by atoms with E-state index in [1.54, 1.807) is 5.48 Å². The fraction of sp³-hybridized carbons (Fsp3) is 0. The first kappa shape index (κ1) is 9.37. The molecular formula is C5H4BrClN4O. The number of aliphatic imine (C=N–C) groups is 1. The van der Waals surface area contributed by atoms with Crippen LogP contribution in [0.5, 0.6) is 0 Å². The van der Waals surface area contributed by atoms with E-state index in [0.717, 1.165) is 6.34 Å². The predicted molar refractivity (Wildman–Crippen MR) is 47.8 cm³/mol. The molecule has 0 fully saturated rings. The number of aromatic nitrogens is 2. The van der Waals surface area contributed by atoms with E-state index in [9.17, 15) is 0 Å². The van der Waals surface area contributed by atoms with Crippen molar-refractivity contribution < 1.29 is 5.21 Å². The van der Waals surface area contributed by atoms with Crippen LogP contribution in [-0.4, -0.2) is 21.5 Å². The summed E-state index contributed by atoms with van der Waals surface area (Å²) in [6, 6.07) is 0. The first-order valence-corrected chi connectivity index (χ1v) is 4.01. The molecule has 0 saturated heterocycles. The SMILES string of the molecule is ONC=Nc1nc(Cl)ncc1Br. The Bertz CT molecular complexity index is 305. The van der Waals surface area contributed by atoms with Gasteiger partial charge in [-0.1, -0.05) is 0 Å². The normalized spacial score (nSPS) is 10.6. The molecule has 0 radical (unpaired) electrons. The highest BCUT2D eigenvalue weighted by molar-refractivity contribution is 9.10. The average molecular weight is 251 g/mol. The van der Waals surface area contributed by atoms with Gasteiger partial charge in [0.25, 0.3) is 0 Å². The molecule has 0 aromatic carbocycles. The van der Waals surface area contributed by atoms with Gasteiger partial charge < -0.3 is 0 Å². The lowest BCUT2D eigenvalue weighted by molar-refractivity contribution is 0.240. The van der Waals surface area contributed by atoms with Crippen molar-refractivity contribution in [2.24, 2.45) is 4.99 Å². The minimum atomic E-state index is 0.100. The maximum atomic E-state index is 8.20. The van der Waals surface area contributed by atoms with Gasteiger partial charge in [0.1, 0.15) is 6.34 Å². The van der Waals surface area contributed by atoms with Gasteiger partial charge in [-0.05, 0) is 27.5 Å². The lowest BCUT2D eigenvalue weighted by Crippen LogP contribution is -2.01. The molecule has 7 heteroatoms. The van der Waals surface area contributed by atoms with Gasteiger partial charge in [0.05, 0.1) is 4.47 Å². The van der Waals surface area contributed by atoms with Crippen molar-refractivity contribution in [3.05, 3.63) is 16.0 Å². The van der Waals surface area contributed by atoms with E-state index in [1.165, 1.54) is 6.20 Å². The minimum absolute atomic E-state index is 0.100. The first-order valence-electron chi connectivity index (χ1n) is 2.84. The van der Waals surface area contributed by atoms with Crippen molar-refractivity contribution in [1.82, 2.24) is 15.4 Å². The molecule has 0 aliphatic heterocycles. The van der Waals surface area contributed by atoms with E-state index < -0.39 is 0 Å². The van der Waals surface area contributed by atoms with Crippen LogP contribution in [0.15, 0.2) is 15.7 Å². The summed E-state index contributed by atoms with van der Waals surface area (Å²) in [7, 11) is 0. The lowest BCUT2D eigenvalue weighted by Gasteiger charge is -1.95. The third-order valence-electron chi connectivity index (χ3n) is 0.941. The molecule has 1 aromatic heterocycles. The zero-order chi connectivity index (χ0) is 8.97. The van der Waals surface area contributed by atoms with Gasteiger partial charge in [-0.25, -0.2) is 9.98 Å². The van der Waals surface area contributed by atoms with Crippen molar-refractivity contribution in [3.8, 4) is 0 Å². The molecule has 0 bridgehead atoms. The summed E-state index contributed by atoms with van der Waals surface area (Å²) >= 11 is 8.65. The standard InChI is InChI=1S/C5H4BrClN4O/c6-3-1-8-5(7)11-4(3)9-2-10-12/h1-2,12H,(H,8,9,10,11). The molecule has 0 unspecified atom stereocenters. The third-order valence-corrected chi connectivity index (χ3v) is 1.68. The first-order chi connectivity index (χ1) is 5.74. The summed E-state index contributed by atoms with van der Waals surface area (Å²) < 4.78 is 0.596. The van der Waals surface area contributed by atoms with Gasteiger partial charge in [0.15, 0.2) is 5.82 Å². The highest BCUT2D eigenvalue weighted by atomic mass is 79.9. The quantitative estimate of drug-likeness (QED) is 0.362. The van der Waals surface area contributed by atoms with Crippen LogP contribution in [-0.2, 0) is 0 Å². The Morgan fingerprint density at radius 2 is 2.50 bits per heavy atom. The van der Waals surface area contributed by atoms with Crippen molar-refractivity contribution in [1.29, 1.82) is 0 Å². The summed E-state index contributed by atoms with van der Waals surface area (Å²) in [5.41, 5.74) is 1.75. The second-order valence-electron chi connectivity index (χ2n) is 1.70. The molecule has 0 saturated carbocycles. The van der Waals surface area contributed by atoms with Crippen LogP contribution in [0.2, 0.25) is 5.28 Å². The zero-order valence-electron chi connectivity index (χ0n) is 5.70. The van der Waals surface area contributed by atoms with Crippen LogP contribution < -0.4 is 5.48 Å². The lowest BCUT2D eigenvalue weighted by atomic mass is 10.6. The number of rotatable bonds is 2. The number of halogens is 2. The van der Waals surface area contributed by atoms with E-state index >= 15 is 0 Å². The molecule has 0 aliphatic carbocycles. The van der Waals surface area contributed by atoms with Gasteiger partial charge in [-0.15, -0.1) is 0 Å². The molecule has 1 rings (SSSR count). The van der Waals surface area contributed by atoms with Gasteiger partial charge in [-0.3, -0.25) is 10.7 Å². The number of nitrogens with zero attached hydrogens (tertiary/aromatic N) is 3. The Kier molecular flexibility index (Phi) is 3.39. The van der Waals surface area contributed by atoms with Gasteiger partial charge in [0.2, 0.25) is 5.28 Å². The van der Waals surface area contributed by atoms with Crippen LogP contribution in [0.1, 0.15) is 0 Å². The highest BCUT2D eigenvalue weighted by Gasteiger charge is 2.00. The Labute approximate surface area is 81.6 Å². The Morgan fingerprint density at radius 1 is 1.75 bits per heavy atom. The molecule has 0 spiro atoms. The fourth-order valence-corrected chi connectivity index (χ4v) is 0.940. The molecule has 0 amide bonds. The molecule has 1 heterocycles. The molecule has 0 atom stereocenters. The molecule has 1 aromatic rings. The molecule has 12 heavy (non-hydrogen) atoms. The fourth-order valence-electron chi connectivity index (χ4n) is 0.518. The monoisotopic (exact) mass is 250 g/mol. The summed E-state index contributed by atoms with van der Waals surface area (Å²) in [4.78, 5) is 11.2. The zero-order valence-corrected chi connectivity index (χ0v) is 8.04. The number of hydrogen-bond acceptors (Lipinski definition) is 4. The topological polar surface area (TPSA) is 70.4 Å². The summed E-state index contributed by atoms with van der Waals surface area (Å²) in [5, 5.41) is 8.30. The number of hydroxylamine groups is 1. The van der Waals surface area contributed by atoms with E-state index in [-0.39, 0.29) is 5.28 Å². The van der Waals surface area contributed by atoms with Crippen LogP contribution in [0, 0.1) is 0 Å². The molecular weight excluding hydrogens is 247 g/mol. The van der Waals surface area contributed by atoms with Gasteiger partial charge in [0, 0.05) is 6.20 Å². The second-order valence-corrected chi connectivity index (χ2v) is 2.89. The third kappa shape index (κ3) is 2.40. The summed E-state index contributed by atoms with van der Waals surface area (Å²) in [6.07, 6.45) is 2.54. The smallest absolute Gasteiger partial charge is 0.224 e. The number of nitrogens with one attached hydrogen (secondary N) is 1. The van der Waals surface area contributed by atoms with Crippen LogP contribution in [0.4, 0.5) is 5.82 Å². The average Bonchev–Trinajstić information content (AvgIpc) is 2.07. The maximum absolute atomic E-state index is 8.20. The van der Waals surface area contributed by atoms with Crippen molar-refractivity contribution >= 4 is 39.7 Å². The van der Waals surface area contributed by atoms with Crippen LogP contribution >= 0.6 is 27.5 Å². The minimum Gasteiger partial charge on any atom is -0.290 e. The van der Waals surface area contributed by atoms with Crippen molar-refractivity contribution in [2.75, 3.05) is 0 Å². The van der Waals surface area contributed by atoms with Gasteiger partial charge in [-0.2, -0.15) is 4.98 Å². The van der Waals surface area contributed by atoms with Crippen LogP contribution in [0.3, 0.4) is 0 Å². The molecule has 0 aliphatic rings. The van der Waals surface area contributed by atoms with Gasteiger partial charge >= 0.3 is 0 Å². The summed E-state index contributed by atoms with van der Waals surface area (Å²) in [5.74, 6) is 0.344. The maximum Gasteiger partial charge on any atom is 0.224 e. The Hall–Kier alpha value is -0.720. The summed E-state index contributed by atoms with van der Waals surface area (Å²) in [6.45, 7) is 0.